The number of anilines is 2. The number of carbonyl (C=O) groups is 2. The van der Waals surface area contributed by atoms with E-state index in [-0.39, 0.29) is 17.2 Å². The van der Waals surface area contributed by atoms with Gasteiger partial charge >= 0.3 is 6.18 Å². The molecule has 38 heavy (non-hydrogen) atoms. The lowest BCUT2D eigenvalue weighted by Crippen LogP contribution is -2.32. The smallest absolute Gasteiger partial charge is 0.416 e. The first-order chi connectivity index (χ1) is 18.2. The second kappa shape index (κ2) is 11.6. The van der Waals surface area contributed by atoms with Crippen molar-refractivity contribution in [3.8, 4) is 16.9 Å². The Morgan fingerprint density at radius 2 is 1.42 bits per heavy atom. The number of benzene rings is 4. The molecular weight excluding hydrogens is 493 g/mol. The largest absolute Gasteiger partial charge is 0.481 e. The predicted octanol–water partition coefficient (Wildman–Crippen LogP) is 7.42. The Morgan fingerprint density at radius 3 is 2.05 bits per heavy atom. The Kier molecular flexibility index (Phi) is 8.11. The van der Waals surface area contributed by atoms with Crippen LogP contribution in [-0.2, 0) is 11.0 Å². The minimum absolute atomic E-state index is 0.0296. The maximum atomic E-state index is 12.9. The van der Waals surface area contributed by atoms with Crippen LogP contribution in [0.1, 0.15) is 29.3 Å². The third-order valence-corrected chi connectivity index (χ3v) is 5.77. The molecule has 0 saturated carbocycles. The molecule has 0 aliphatic rings. The van der Waals surface area contributed by atoms with Gasteiger partial charge in [-0.25, -0.2) is 0 Å². The monoisotopic (exact) mass is 518 g/mol. The van der Waals surface area contributed by atoms with Gasteiger partial charge in [-0.2, -0.15) is 13.2 Å². The molecule has 4 aromatic rings. The fourth-order valence-corrected chi connectivity index (χ4v) is 3.75. The van der Waals surface area contributed by atoms with Gasteiger partial charge in [-0.15, -0.1) is 0 Å². The molecule has 0 spiro atoms. The average Bonchev–Trinajstić information content (AvgIpc) is 2.92. The number of halogens is 3. The summed E-state index contributed by atoms with van der Waals surface area (Å²) in [5.41, 5.74) is 1.97. The molecule has 0 saturated heterocycles. The van der Waals surface area contributed by atoms with Crippen molar-refractivity contribution >= 4 is 23.2 Å². The van der Waals surface area contributed by atoms with Crippen LogP contribution in [0.15, 0.2) is 103 Å². The van der Waals surface area contributed by atoms with Crippen LogP contribution in [0.3, 0.4) is 0 Å². The van der Waals surface area contributed by atoms with Crippen LogP contribution in [0.5, 0.6) is 5.75 Å². The molecule has 1 atom stereocenters. The zero-order chi connectivity index (χ0) is 27.1. The maximum Gasteiger partial charge on any atom is 0.416 e. The minimum atomic E-state index is -4.51. The average molecular weight is 519 g/mol. The summed E-state index contributed by atoms with van der Waals surface area (Å²) < 4.78 is 44.6. The van der Waals surface area contributed by atoms with Crippen LogP contribution in [0.25, 0.3) is 11.1 Å². The highest BCUT2D eigenvalue weighted by atomic mass is 19.4. The maximum absolute atomic E-state index is 12.9. The molecule has 5 nitrogen and oxygen atoms in total. The zero-order valence-corrected chi connectivity index (χ0v) is 20.5. The normalized spacial score (nSPS) is 11.9. The molecule has 0 radical (unpaired) electrons. The summed E-state index contributed by atoms with van der Waals surface area (Å²) in [5, 5.41) is 5.22. The first-order valence-corrected chi connectivity index (χ1v) is 11.9. The lowest BCUT2D eigenvalue weighted by atomic mass is 10.1. The van der Waals surface area contributed by atoms with Crippen LogP contribution >= 0.6 is 0 Å². The minimum Gasteiger partial charge on any atom is -0.481 e. The van der Waals surface area contributed by atoms with E-state index in [1.165, 1.54) is 24.3 Å². The van der Waals surface area contributed by atoms with Crippen molar-refractivity contribution in [2.75, 3.05) is 10.6 Å². The molecule has 0 heterocycles. The second-order valence-corrected chi connectivity index (χ2v) is 8.50. The third kappa shape index (κ3) is 6.79. The van der Waals surface area contributed by atoms with Crippen molar-refractivity contribution in [1.82, 2.24) is 0 Å². The number of rotatable bonds is 8. The van der Waals surface area contributed by atoms with Crippen LogP contribution in [0, 0.1) is 0 Å². The summed E-state index contributed by atoms with van der Waals surface area (Å²) in [6.07, 6.45) is -4.81. The van der Waals surface area contributed by atoms with Crippen LogP contribution < -0.4 is 15.4 Å². The molecule has 0 aliphatic carbocycles. The molecule has 0 aromatic heterocycles. The topological polar surface area (TPSA) is 67.4 Å². The fourth-order valence-electron chi connectivity index (χ4n) is 3.75. The van der Waals surface area contributed by atoms with Crippen molar-refractivity contribution in [2.24, 2.45) is 0 Å². The van der Waals surface area contributed by atoms with Crippen molar-refractivity contribution < 1.29 is 27.5 Å². The summed E-state index contributed by atoms with van der Waals surface area (Å²) in [6.45, 7) is 1.84. The van der Waals surface area contributed by atoms with Gasteiger partial charge in [0.05, 0.1) is 5.56 Å². The van der Waals surface area contributed by atoms with Crippen molar-refractivity contribution in [3.05, 3.63) is 114 Å². The number of hydrogen-bond acceptors (Lipinski definition) is 3. The highest BCUT2D eigenvalue weighted by Crippen LogP contribution is 2.31. The summed E-state index contributed by atoms with van der Waals surface area (Å²) >= 11 is 0. The first-order valence-electron chi connectivity index (χ1n) is 11.9. The lowest BCUT2D eigenvalue weighted by Gasteiger charge is -2.18. The van der Waals surface area contributed by atoms with Crippen molar-refractivity contribution in [3.63, 3.8) is 0 Å². The van der Waals surface area contributed by atoms with Crippen LogP contribution in [0.4, 0.5) is 24.5 Å². The van der Waals surface area contributed by atoms with Gasteiger partial charge in [-0.1, -0.05) is 55.5 Å². The van der Waals surface area contributed by atoms with Crippen molar-refractivity contribution in [1.29, 1.82) is 0 Å². The van der Waals surface area contributed by atoms with Gasteiger partial charge in [0.2, 0.25) is 0 Å². The SMILES string of the molecule is CCC(Oc1ccc(-c2ccccc2)cc1)C(=O)Nc1ccc(C(=O)Nc2cccc(C(F)(F)F)c2)cc1. The Hall–Kier alpha value is -4.59. The molecule has 8 heteroatoms. The Balaban J connectivity index is 1.35. The molecule has 0 fully saturated rings. The van der Waals surface area contributed by atoms with E-state index in [1.807, 2.05) is 61.5 Å². The van der Waals surface area contributed by atoms with Gasteiger partial charge in [0.25, 0.3) is 11.8 Å². The molecule has 2 N–H and O–H groups in total. The fraction of sp³-hybridized carbons (Fsp3) is 0.133. The molecule has 2 amide bonds. The van der Waals surface area contributed by atoms with E-state index in [1.54, 1.807) is 12.1 Å². The number of amides is 2. The van der Waals surface area contributed by atoms with Gasteiger partial charge in [0.1, 0.15) is 5.75 Å². The standard InChI is InChI=1S/C30H25F3N2O3/c1-2-27(38-26-17-13-21(14-18-26)20-7-4-3-5-8-20)29(37)34-24-15-11-22(12-16-24)28(36)35-25-10-6-9-23(19-25)30(31,32)33/h3-19,27H,2H2,1H3,(H,34,37)(H,35,36). The number of nitrogens with one attached hydrogen (secondary N) is 2. The molecule has 0 aliphatic heterocycles. The highest BCUT2D eigenvalue weighted by Gasteiger charge is 2.30. The highest BCUT2D eigenvalue weighted by molar-refractivity contribution is 6.04. The molecule has 1 unspecified atom stereocenters. The lowest BCUT2D eigenvalue weighted by molar-refractivity contribution is -0.137. The Morgan fingerprint density at radius 1 is 0.763 bits per heavy atom. The van der Waals surface area contributed by atoms with E-state index in [0.717, 1.165) is 23.3 Å². The Bertz CT molecular complexity index is 1390. The summed E-state index contributed by atoms with van der Waals surface area (Å²) in [7, 11) is 0. The van der Waals surface area contributed by atoms with Gasteiger partial charge in [0, 0.05) is 16.9 Å². The van der Waals surface area contributed by atoms with Crippen molar-refractivity contribution in [2.45, 2.75) is 25.6 Å². The van der Waals surface area contributed by atoms with E-state index < -0.39 is 23.8 Å². The zero-order valence-electron chi connectivity index (χ0n) is 20.5. The van der Waals surface area contributed by atoms with E-state index in [2.05, 4.69) is 10.6 Å². The molecule has 0 bridgehead atoms. The van der Waals surface area contributed by atoms with Gasteiger partial charge in [-0.3, -0.25) is 9.59 Å². The first kappa shape index (κ1) is 26.5. The quantitative estimate of drug-likeness (QED) is 0.255. The van der Waals surface area contributed by atoms with E-state index in [9.17, 15) is 22.8 Å². The molecular formula is C30H25F3N2O3. The van der Waals surface area contributed by atoms with Gasteiger partial charge in [-0.05, 0) is 72.1 Å². The molecule has 194 valence electrons. The predicted molar refractivity (Wildman–Crippen MR) is 141 cm³/mol. The second-order valence-electron chi connectivity index (χ2n) is 8.50. The Labute approximate surface area is 218 Å². The number of ether oxygens (including phenoxy) is 1. The third-order valence-electron chi connectivity index (χ3n) is 5.77. The van der Waals surface area contributed by atoms with E-state index in [4.69, 9.17) is 4.74 Å². The van der Waals surface area contributed by atoms with Crippen LogP contribution in [-0.4, -0.2) is 17.9 Å². The van der Waals surface area contributed by atoms with Crippen LogP contribution in [0.2, 0.25) is 0 Å². The number of hydrogen-bond donors (Lipinski definition) is 2. The summed E-state index contributed by atoms with van der Waals surface area (Å²) in [6, 6.07) is 27.8. The summed E-state index contributed by atoms with van der Waals surface area (Å²) in [5.74, 6) is -0.356. The van der Waals surface area contributed by atoms with Gasteiger partial charge in [0.15, 0.2) is 6.10 Å². The van der Waals surface area contributed by atoms with E-state index in [0.29, 0.717) is 17.9 Å². The van der Waals surface area contributed by atoms with Gasteiger partial charge < -0.3 is 15.4 Å². The molecule has 4 aromatic carbocycles. The number of carbonyl (C=O) groups excluding carboxylic acids is 2. The number of alkyl halides is 3. The van der Waals surface area contributed by atoms with E-state index >= 15 is 0 Å². The molecule has 4 rings (SSSR count). The summed E-state index contributed by atoms with van der Waals surface area (Å²) in [4.78, 5) is 25.3.